The van der Waals surface area contributed by atoms with Gasteiger partial charge in [-0.2, -0.15) is 0 Å². The summed E-state index contributed by atoms with van der Waals surface area (Å²) in [6, 6.07) is 0.567. The molecule has 1 aliphatic heterocycles. The molecule has 2 atom stereocenters. The fraction of sp³-hybridized carbons (Fsp3) is 1.00. The van der Waals surface area contributed by atoms with Crippen molar-refractivity contribution in [1.82, 2.24) is 10.2 Å². The fourth-order valence-electron chi connectivity index (χ4n) is 4.02. The molecular formula is C18H36N2O. The summed E-state index contributed by atoms with van der Waals surface area (Å²) in [7, 11) is 0. The number of nitrogens with zero attached hydrogens (tertiary/aromatic N) is 1. The van der Waals surface area contributed by atoms with E-state index < -0.39 is 0 Å². The zero-order chi connectivity index (χ0) is 15.3. The highest BCUT2D eigenvalue weighted by Crippen LogP contribution is 2.36. The number of hydrogen-bond acceptors (Lipinski definition) is 3. The molecule has 21 heavy (non-hydrogen) atoms. The van der Waals surface area contributed by atoms with E-state index >= 15 is 0 Å². The molecule has 2 unspecified atom stereocenters. The van der Waals surface area contributed by atoms with Gasteiger partial charge in [-0.25, -0.2) is 0 Å². The zero-order valence-corrected chi connectivity index (χ0v) is 14.4. The van der Waals surface area contributed by atoms with Crippen molar-refractivity contribution in [3.05, 3.63) is 0 Å². The molecule has 2 aliphatic rings. The van der Waals surface area contributed by atoms with Crippen molar-refractivity contribution < 1.29 is 5.11 Å². The molecule has 3 nitrogen and oxygen atoms in total. The van der Waals surface area contributed by atoms with Crippen LogP contribution in [0, 0.1) is 11.3 Å². The third-order valence-corrected chi connectivity index (χ3v) is 5.61. The fourth-order valence-corrected chi connectivity index (χ4v) is 4.02. The number of β-amino-alcohol motifs (C(OH)–C–C–N with tert-alkyl or cyclic N) is 1. The summed E-state index contributed by atoms with van der Waals surface area (Å²) in [4.78, 5) is 2.54. The maximum Gasteiger partial charge on any atom is 0.0693 e. The summed E-state index contributed by atoms with van der Waals surface area (Å²) in [6.07, 6.45) is 9.31. The largest absolute Gasteiger partial charge is 0.392 e. The molecule has 0 aromatic heterocycles. The van der Waals surface area contributed by atoms with Crippen LogP contribution in [0.3, 0.4) is 0 Å². The van der Waals surface area contributed by atoms with Crippen molar-refractivity contribution in [2.75, 3.05) is 26.2 Å². The second-order valence-corrected chi connectivity index (χ2v) is 8.02. The molecule has 0 aromatic carbocycles. The van der Waals surface area contributed by atoms with Gasteiger partial charge < -0.3 is 15.3 Å². The minimum absolute atomic E-state index is 0.125. The topological polar surface area (TPSA) is 35.5 Å². The molecule has 2 fully saturated rings. The molecular weight excluding hydrogens is 260 g/mol. The van der Waals surface area contributed by atoms with Crippen molar-refractivity contribution in [3.8, 4) is 0 Å². The third kappa shape index (κ3) is 5.22. The Balaban J connectivity index is 1.97. The lowest BCUT2D eigenvalue weighted by atomic mass is 9.78. The SMILES string of the molecule is CC(C)NCC1(CN2CCC(C)C(O)C2)CCCCCC1. The van der Waals surface area contributed by atoms with Gasteiger partial charge >= 0.3 is 0 Å². The minimum atomic E-state index is -0.125. The summed E-state index contributed by atoms with van der Waals surface area (Å²) in [5.41, 5.74) is 0.432. The highest BCUT2D eigenvalue weighted by molar-refractivity contribution is 4.89. The Morgan fingerprint density at radius 2 is 1.86 bits per heavy atom. The van der Waals surface area contributed by atoms with Crippen LogP contribution in [0.5, 0.6) is 0 Å². The lowest BCUT2D eigenvalue weighted by Gasteiger charge is -2.42. The van der Waals surface area contributed by atoms with Crippen molar-refractivity contribution in [3.63, 3.8) is 0 Å². The van der Waals surface area contributed by atoms with Crippen LogP contribution in [-0.4, -0.2) is 48.3 Å². The Kier molecular flexibility index (Phi) is 6.51. The quantitative estimate of drug-likeness (QED) is 0.766. The normalized spacial score (nSPS) is 31.3. The van der Waals surface area contributed by atoms with E-state index in [0.29, 0.717) is 17.4 Å². The molecule has 0 bridgehead atoms. The molecule has 2 rings (SSSR count). The van der Waals surface area contributed by atoms with Gasteiger partial charge in [0.2, 0.25) is 0 Å². The Bertz CT molecular complexity index is 298. The molecule has 124 valence electrons. The van der Waals surface area contributed by atoms with Gasteiger partial charge in [0.15, 0.2) is 0 Å². The predicted molar refractivity (Wildman–Crippen MR) is 89.5 cm³/mol. The molecule has 1 saturated heterocycles. The van der Waals surface area contributed by atoms with Crippen LogP contribution >= 0.6 is 0 Å². The van der Waals surface area contributed by atoms with E-state index in [1.54, 1.807) is 0 Å². The van der Waals surface area contributed by atoms with E-state index in [2.05, 4.69) is 31.0 Å². The molecule has 1 saturated carbocycles. The van der Waals surface area contributed by atoms with Gasteiger partial charge in [0.1, 0.15) is 0 Å². The van der Waals surface area contributed by atoms with Crippen LogP contribution < -0.4 is 5.32 Å². The van der Waals surface area contributed by atoms with Gasteiger partial charge in [0.25, 0.3) is 0 Å². The summed E-state index contributed by atoms with van der Waals surface area (Å²) >= 11 is 0. The van der Waals surface area contributed by atoms with E-state index in [1.165, 1.54) is 51.6 Å². The maximum absolute atomic E-state index is 10.2. The van der Waals surface area contributed by atoms with Gasteiger partial charge in [-0.3, -0.25) is 0 Å². The highest BCUT2D eigenvalue weighted by atomic mass is 16.3. The van der Waals surface area contributed by atoms with Crippen molar-refractivity contribution in [2.24, 2.45) is 11.3 Å². The van der Waals surface area contributed by atoms with Crippen LogP contribution in [0.15, 0.2) is 0 Å². The standard InChI is InChI=1S/C18H36N2O/c1-15(2)19-13-18(9-6-4-5-7-10-18)14-20-11-8-16(3)17(21)12-20/h15-17,19,21H,4-14H2,1-3H3. The Morgan fingerprint density at radius 1 is 1.19 bits per heavy atom. The lowest BCUT2D eigenvalue weighted by Crippen LogP contribution is -2.50. The van der Waals surface area contributed by atoms with Crippen LogP contribution in [0.4, 0.5) is 0 Å². The van der Waals surface area contributed by atoms with Crippen LogP contribution in [0.1, 0.15) is 65.7 Å². The molecule has 2 N–H and O–H groups in total. The molecule has 0 spiro atoms. The number of rotatable bonds is 5. The Labute approximate surface area is 131 Å². The number of hydrogen-bond donors (Lipinski definition) is 2. The van der Waals surface area contributed by atoms with Crippen molar-refractivity contribution >= 4 is 0 Å². The molecule has 1 aliphatic carbocycles. The predicted octanol–water partition coefficient (Wildman–Crippen LogP) is 3.03. The maximum atomic E-state index is 10.2. The van der Waals surface area contributed by atoms with E-state index in [-0.39, 0.29) is 6.10 Å². The van der Waals surface area contributed by atoms with Crippen molar-refractivity contribution in [2.45, 2.75) is 77.9 Å². The van der Waals surface area contributed by atoms with Crippen LogP contribution in [0.25, 0.3) is 0 Å². The number of aliphatic hydroxyl groups is 1. The van der Waals surface area contributed by atoms with Gasteiger partial charge in [-0.15, -0.1) is 0 Å². The first-order valence-electron chi connectivity index (χ1n) is 9.15. The summed E-state index contributed by atoms with van der Waals surface area (Å²) in [6.45, 7) is 11.0. The zero-order valence-electron chi connectivity index (χ0n) is 14.4. The Morgan fingerprint density at radius 3 is 2.43 bits per heavy atom. The van der Waals surface area contributed by atoms with Gasteiger partial charge in [-0.05, 0) is 37.1 Å². The van der Waals surface area contributed by atoms with Crippen LogP contribution in [0.2, 0.25) is 0 Å². The highest BCUT2D eigenvalue weighted by Gasteiger charge is 2.35. The average Bonchev–Trinajstić information content (AvgIpc) is 2.67. The van der Waals surface area contributed by atoms with Gasteiger partial charge in [0, 0.05) is 25.7 Å². The first-order valence-corrected chi connectivity index (χ1v) is 9.15. The van der Waals surface area contributed by atoms with E-state index in [4.69, 9.17) is 0 Å². The average molecular weight is 296 g/mol. The van der Waals surface area contributed by atoms with Crippen LogP contribution in [-0.2, 0) is 0 Å². The summed E-state index contributed by atoms with van der Waals surface area (Å²) in [5, 5.41) is 13.9. The molecule has 3 heteroatoms. The number of piperidine rings is 1. The number of nitrogens with one attached hydrogen (secondary N) is 1. The first kappa shape index (κ1) is 17.2. The van der Waals surface area contributed by atoms with E-state index in [9.17, 15) is 5.11 Å². The monoisotopic (exact) mass is 296 g/mol. The molecule has 0 amide bonds. The summed E-state index contributed by atoms with van der Waals surface area (Å²) in [5.74, 6) is 0.472. The smallest absolute Gasteiger partial charge is 0.0693 e. The first-order chi connectivity index (χ1) is 10.0. The molecule has 1 heterocycles. The van der Waals surface area contributed by atoms with E-state index in [0.717, 1.165) is 19.5 Å². The number of likely N-dealkylation sites (tertiary alicyclic amines) is 1. The number of aliphatic hydroxyl groups excluding tert-OH is 1. The molecule has 0 radical (unpaired) electrons. The molecule has 0 aromatic rings. The third-order valence-electron chi connectivity index (χ3n) is 5.61. The van der Waals surface area contributed by atoms with Crippen molar-refractivity contribution in [1.29, 1.82) is 0 Å². The lowest BCUT2D eigenvalue weighted by molar-refractivity contribution is 0.00610. The van der Waals surface area contributed by atoms with Gasteiger partial charge in [-0.1, -0.05) is 46.5 Å². The van der Waals surface area contributed by atoms with Gasteiger partial charge in [0.05, 0.1) is 6.10 Å². The van der Waals surface area contributed by atoms with E-state index in [1.807, 2.05) is 0 Å². The second kappa shape index (κ2) is 7.94. The second-order valence-electron chi connectivity index (χ2n) is 8.02. The summed E-state index contributed by atoms with van der Waals surface area (Å²) < 4.78 is 0. The Hall–Kier alpha value is -0.120. The minimum Gasteiger partial charge on any atom is -0.392 e.